The van der Waals surface area contributed by atoms with Crippen LogP contribution in [0.2, 0.25) is 0 Å². The molecule has 9 heteroatoms. The van der Waals surface area contributed by atoms with Crippen LogP contribution in [0.25, 0.3) is 0 Å². The summed E-state index contributed by atoms with van der Waals surface area (Å²) in [6.45, 7) is 9.02. The maximum Gasteiger partial charge on any atom is 4.00 e. The molecule has 0 heterocycles. The fraction of sp³-hybridized carbons (Fsp3) is 0.833. The van der Waals surface area contributed by atoms with Gasteiger partial charge in [0.1, 0.15) is 0 Å². The first-order chi connectivity index (χ1) is 39.1. The van der Waals surface area contributed by atoms with Crippen molar-refractivity contribution in [1.29, 1.82) is 0 Å². The Balaban J connectivity index is -0.000000316. The van der Waals surface area contributed by atoms with Gasteiger partial charge in [-0.15, -0.1) is 0 Å². The molecule has 0 aromatic heterocycles. The van der Waals surface area contributed by atoms with Gasteiger partial charge in [-0.25, -0.2) is 0 Å². The molecule has 0 amide bonds. The summed E-state index contributed by atoms with van der Waals surface area (Å²) in [6, 6.07) is 0. The summed E-state index contributed by atoms with van der Waals surface area (Å²) < 4.78 is 0. The van der Waals surface area contributed by atoms with E-state index in [0.29, 0.717) is 0 Å². The number of allylic oxidation sites excluding steroid dienone is 8. The maximum atomic E-state index is 10.2. The van der Waals surface area contributed by atoms with E-state index >= 15 is 0 Å². The zero-order valence-corrected chi connectivity index (χ0v) is 56.8. The monoisotopic (exact) mass is 1240 g/mol. The van der Waals surface area contributed by atoms with Crippen LogP contribution in [0.4, 0.5) is 0 Å². The van der Waals surface area contributed by atoms with E-state index in [0.717, 1.165) is 77.0 Å². The molecular weight excluding hydrogens is 1110 g/mol. The first-order valence-corrected chi connectivity index (χ1v) is 34.5. The summed E-state index contributed by atoms with van der Waals surface area (Å²) in [4.78, 5) is 40.9. The zero-order chi connectivity index (χ0) is 59.6. The van der Waals surface area contributed by atoms with Crippen molar-refractivity contribution in [3.05, 3.63) is 48.6 Å². The number of carbonyl (C=O) groups is 4. The molecule has 0 radical (unpaired) electrons. The van der Waals surface area contributed by atoms with Gasteiger partial charge in [0, 0.05) is 23.9 Å². The third-order valence-corrected chi connectivity index (χ3v) is 14.6. The minimum atomic E-state index is -0.914. The second-order valence-corrected chi connectivity index (χ2v) is 22.8. The van der Waals surface area contributed by atoms with E-state index < -0.39 is 23.9 Å². The molecule has 0 aromatic rings. The Morgan fingerprint density at radius 1 is 0.198 bits per heavy atom. The van der Waals surface area contributed by atoms with E-state index in [1.807, 2.05) is 0 Å². The normalized spacial score (nSPS) is 11.1. The van der Waals surface area contributed by atoms with Gasteiger partial charge in [-0.2, -0.15) is 0 Å². The first-order valence-electron chi connectivity index (χ1n) is 34.5. The average molecular weight is 1240 g/mol. The van der Waals surface area contributed by atoms with Crippen molar-refractivity contribution in [3.8, 4) is 0 Å². The molecule has 8 nitrogen and oxygen atoms in total. The molecule has 0 rings (SSSR count). The number of hydrogen-bond donors (Lipinski definition) is 0. The predicted molar refractivity (Wildman–Crippen MR) is 344 cm³/mol. The minimum absolute atomic E-state index is 0. The van der Waals surface area contributed by atoms with Crippen molar-refractivity contribution in [2.45, 2.75) is 387 Å². The van der Waals surface area contributed by atoms with Crippen molar-refractivity contribution in [2.75, 3.05) is 0 Å². The van der Waals surface area contributed by atoms with Gasteiger partial charge < -0.3 is 39.6 Å². The summed E-state index contributed by atoms with van der Waals surface area (Å²) in [7, 11) is 0. The summed E-state index contributed by atoms with van der Waals surface area (Å²) in [5, 5.41) is 40.9. The largest absolute Gasteiger partial charge is 4.00 e. The van der Waals surface area contributed by atoms with Crippen LogP contribution < -0.4 is 20.4 Å². The smallest absolute Gasteiger partial charge is 0.550 e. The Hall–Kier alpha value is -2.36. The molecule has 0 saturated carbocycles. The van der Waals surface area contributed by atoms with Crippen LogP contribution in [0.1, 0.15) is 387 Å². The van der Waals surface area contributed by atoms with Crippen LogP contribution in [-0.2, 0) is 19.2 Å². The number of unbranched alkanes of at least 4 members (excludes halogenated alkanes) is 44. The number of carbonyl (C=O) groups excluding carboxylic acids is 4. The van der Waals surface area contributed by atoms with Gasteiger partial charge in [0.2, 0.25) is 0 Å². The van der Waals surface area contributed by atoms with Gasteiger partial charge in [-0.05, 0) is 154 Å². The topological polar surface area (TPSA) is 161 Å². The minimum Gasteiger partial charge on any atom is -0.550 e. The van der Waals surface area contributed by atoms with Gasteiger partial charge in [0.05, 0.1) is 0 Å². The van der Waals surface area contributed by atoms with Gasteiger partial charge in [-0.1, -0.05) is 282 Å². The van der Waals surface area contributed by atoms with Gasteiger partial charge >= 0.3 is 23.9 Å². The molecule has 0 N–H and O–H groups in total. The molecule has 0 aliphatic heterocycles. The Morgan fingerprint density at radius 3 is 0.432 bits per heavy atom. The van der Waals surface area contributed by atoms with Crippen LogP contribution in [0.5, 0.6) is 0 Å². The molecule has 472 valence electrons. The van der Waals surface area contributed by atoms with Crippen molar-refractivity contribution in [2.24, 2.45) is 0 Å². The Kier molecular flexibility index (Phi) is 90.8. The standard InChI is InChI=1S/4C18H34O2.Sn/c4*1-2-3-4-5-6-7-8-9-10-11-12-13-14-15-16-17-18(19)20;/h4*9-10H,2-8,11-17H2,1H3,(H,19,20);/q;;;;+4/p-4/b4*10-9-;. The van der Waals surface area contributed by atoms with Crippen molar-refractivity contribution in [1.82, 2.24) is 0 Å². The molecule has 0 bridgehead atoms. The van der Waals surface area contributed by atoms with E-state index in [9.17, 15) is 39.6 Å². The predicted octanol–water partition coefficient (Wildman–Crippen LogP) is 18.7. The number of carboxylic acid groups (broad SMARTS) is 4. The number of aliphatic carboxylic acids is 4. The Morgan fingerprint density at radius 2 is 0.309 bits per heavy atom. The van der Waals surface area contributed by atoms with E-state index in [1.165, 1.54) is 257 Å². The van der Waals surface area contributed by atoms with Crippen LogP contribution in [0, 0.1) is 0 Å². The second kappa shape index (κ2) is 84.1. The molecule has 0 aromatic carbocycles. The van der Waals surface area contributed by atoms with Gasteiger partial charge in [0.15, 0.2) is 0 Å². The van der Waals surface area contributed by atoms with E-state index in [1.54, 1.807) is 0 Å². The first kappa shape index (κ1) is 87.4. The summed E-state index contributed by atoms with van der Waals surface area (Å²) in [5.74, 6) is -3.66. The zero-order valence-electron chi connectivity index (χ0n) is 54.0. The average Bonchev–Trinajstić information content (AvgIpc) is 3.43. The number of rotatable bonds is 60. The molecule has 0 atom stereocenters. The third-order valence-electron chi connectivity index (χ3n) is 14.6. The summed E-state index contributed by atoms with van der Waals surface area (Å²) in [5.41, 5.74) is 0. The molecule has 0 aliphatic carbocycles. The second-order valence-electron chi connectivity index (χ2n) is 22.8. The fourth-order valence-electron chi connectivity index (χ4n) is 9.36. The molecular formula is C72H132O8Sn. The van der Waals surface area contributed by atoms with Crippen molar-refractivity contribution >= 4 is 47.8 Å². The molecule has 0 aliphatic rings. The van der Waals surface area contributed by atoms with Crippen LogP contribution in [-0.4, -0.2) is 47.8 Å². The number of carboxylic acids is 4. The fourth-order valence-corrected chi connectivity index (χ4v) is 9.36. The summed E-state index contributed by atoms with van der Waals surface area (Å²) >= 11 is 0. The SMILES string of the molecule is CCCCCCCC/C=C\CCCCCCCC(=O)[O-].CCCCCCCC/C=C\CCCCCCCC(=O)[O-].CCCCCCCC/C=C\CCCCCCCC(=O)[O-].CCCCCCCC/C=C\CCCCCCCC(=O)[O-].[Sn+4]. The van der Waals surface area contributed by atoms with Crippen LogP contribution >= 0.6 is 0 Å². The van der Waals surface area contributed by atoms with Crippen LogP contribution in [0.15, 0.2) is 48.6 Å². The maximum absolute atomic E-state index is 10.2. The Bertz CT molecular complexity index is 1140. The summed E-state index contributed by atoms with van der Waals surface area (Å²) in [6.07, 6.45) is 83.6. The molecule has 0 saturated heterocycles. The van der Waals surface area contributed by atoms with Gasteiger partial charge in [0.25, 0.3) is 0 Å². The van der Waals surface area contributed by atoms with Gasteiger partial charge in [-0.3, -0.25) is 0 Å². The third kappa shape index (κ3) is 103. The van der Waals surface area contributed by atoms with E-state index in [4.69, 9.17) is 0 Å². The number of hydrogen-bond acceptors (Lipinski definition) is 8. The van der Waals surface area contributed by atoms with Crippen LogP contribution in [0.3, 0.4) is 0 Å². The molecule has 81 heavy (non-hydrogen) atoms. The molecule has 0 spiro atoms. The Labute approximate surface area is 520 Å². The quantitative estimate of drug-likeness (QED) is 0.0330. The molecule has 0 fully saturated rings. The van der Waals surface area contributed by atoms with Crippen molar-refractivity contribution < 1.29 is 39.6 Å². The van der Waals surface area contributed by atoms with E-state index in [-0.39, 0.29) is 49.6 Å². The van der Waals surface area contributed by atoms with Crippen molar-refractivity contribution in [3.63, 3.8) is 0 Å². The van der Waals surface area contributed by atoms with E-state index in [2.05, 4.69) is 76.3 Å². The molecule has 0 unspecified atom stereocenters.